The summed E-state index contributed by atoms with van der Waals surface area (Å²) in [5, 5.41) is 4.18. The lowest BCUT2D eigenvalue weighted by atomic mass is 9.96. The standard InChI is InChI=1S/C22H27ClN2O3S/c1-14-13-15(23)10-11-17(14)28-12-6-9-19(26)25-22-20(21(24)27)16-7-4-2-3-5-8-18(16)29-22/h10-11,13H,2-9,12H2,1H3,(H2,24,27)(H,25,26). The molecule has 156 valence electrons. The Labute approximate surface area is 180 Å². The van der Waals surface area contributed by atoms with Gasteiger partial charge in [-0.05, 0) is 68.4 Å². The number of rotatable bonds is 7. The number of hydrogen-bond acceptors (Lipinski definition) is 4. The molecule has 0 atom stereocenters. The number of fused-ring (bicyclic) bond motifs is 1. The number of aryl methyl sites for hydroxylation is 2. The van der Waals surface area contributed by atoms with Crippen molar-refractivity contribution in [2.75, 3.05) is 11.9 Å². The van der Waals surface area contributed by atoms with Gasteiger partial charge in [0.25, 0.3) is 5.91 Å². The molecule has 0 aliphatic heterocycles. The summed E-state index contributed by atoms with van der Waals surface area (Å²) in [7, 11) is 0. The highest BCUT2D eigenvalue weighted by molar-refractivity contribution is 7.17. The van der Waals surface area contributed by atoms with Gasteiger partial charge in [0.15, 0.2) is 0 Å². The summed E-state index contributed by atoms with van der Waals surface area (Å²) < 4.78 is 5.74. The average Bonchev–Trinajstić information content (AvgIpc) is 2.96. The van der Waals surface area contributed by atoms with Crippen molar-refractivity contribution < 1.29 is 14.3 Å². The Bertz CT molecular complexity index is 894. The highest BCUT2D eigenvalue weighted by Crippen LogP contribution is 2.37. The van der Waals surface area contributed by atoms with E-state index in [-0.39, 0.29) is 5.91 Å². The Kier molecular flexibility index (Phi) is 7.56. The third kappa shape index (κ3) is 5.73. The predicted molar refractivity (Wildman–Crippen MR) is 118 cm³/mol. The zero-order valence-corrected chi connectivity index (χ0v) is 18.3. The highest BCUT2D eigenvalue weighted by atomic mass is 35.5. The summed E-state index contributed by atoms with van der Waals surface area (Å²) in [4.78, 5) is 25.7. The van der Waals surface area contributed by atoms with Gasteiger partial charge < -0.3 is 15.8 Å². The van der Waals surface area contributed by atoms with E-state index in [1.54, 1.807) is 6.07 Å². The van der Waals surface area contributed by atoms with E-state index < -0.39 is 5.91 Å². The lowest BCUT2D eigenvalue weighted by molar-refractivity contribution is -0.116. The Balaban J connectivity index is 1.57. The molecule has 0 radical (unpaired) electrons. The molecular formula is C22H27ClN2O3S. The fourth-order valence-electron chi connectivity index (χ4n) is 3.65. The number of halogens is 1. The molecule has 1 aromatic carbocycles. The van der Waals surface area contributed by atoms with Crippen molar-refractivity contribution in [2.45, 2.75) is 58.3 Å². The van der Waals surface area contributed by atoms with Gasteiger partial charge in [0, 0.05) is 16.3 Å². The van der Waals surface area contributed by atoms with Crippen LogP contribution in [0.1, 0.15) is 64.9 Å². The van der Waals surface area contributed by atoms with Gasteiger partial charge in [-0.25, -0.2) is 0 Å². The second kappa shape index (κ2) is 10.1. The summed E-state index contributed by atoms with van der Waals surface area (Å²) in [5.41, 5.74) is 8.16. The minimum absolute atomic E-state index is 0.127. The molecule has 1 aromatic heterocycles. The van der Waals surface area contributed by atoms with Gasteiger partial charge in [0.1, 0.15) is 10.8 Å². The molecule has 0 saturated carbocycles. The smallest absolute Gasteiger partial charge is 0.251 e. The number of hydrogen-bond donors (Lipinski definition) is 2. The fourth-order valence-corrected chi connectivity index (χ4v) is 5.18. The average molecular weight is 435 g/mol. The van der Waals surface area contributed by atoms with Crippen LogP contribution in [0.5, 0.6) is 5.75 Å². The summed E-state index contributed by atoms with van der Waals surface area (Å²) in [5.74, 6) is 0.182. The normalized spacial score (nSPS) is 13.9. The molecule has 5 nitrogen and oxygen atoms in total. The second-order valence-electron chi connectivity index (χ2n) is 7.40. The van der Waals surface area contributed by atoms with Crippen LogP contribution in [0, 0.1) is 6.92 Å². The lowest BCUT2D eigenvalue weighted by Crippen LogP contribution is -2.18. The van der Waals surface area contributed by atoms with Crippen LogP contribution >= 0.6 is 22.9 Å². The molecule has 0 fully saturated rings. The number of carbonyl (C=O) groups excluding carboxylic acids is 2. The van der Waals surface area contributed by atoms with E-state index in [1.165, 1.54) is 29.1 Å². The van der Waals surface area contributed by atoms with E-state index >= 15 is 0 Å². The largest absolute Gasteiger partial charge is 0.493 e. The first-order valence-corrected chi connectivity index (χ1v) is 11.3. The number of amides is 2. The first-order chi connectivity index (χ1) is 14.0. The number of benzene rings is 1. The van der Waals surface area contributed by atoms with Gasteiger partial charge in [0.05, 0.1) is 12.2 Å². The van der Waals surface area contributed by atoms with Crippen LogP contribution in [0.2, 0.25) is 5.02 Å². The number of carbonyl (C=O) groups is 2. The molecule has 7 heteroatoms. The number of ether oxygens (including phenoxy) is 1. The van der Waals surface area contributed by atoms with Crippen molar-refractivity contribution in [1.29, 1.82) is 0 Å². The number of nitrogens with one attached hydrogen (secondary N) is 1. The summed E-state index contributed by atoms with van der Waals surface area (Å²) in [6.45, 7) is 2.36. The first kappa shape index (κ1) is 21.7. The fraction of sp³-hybridized carbons (Fsp3) is 0.455. The summed E-state index contributed by atoms with van der Waals surface area (Å²) in [6.07, 6.45) is 7.23. The molecule has 1 aliphatic carbocycles. The van der Waals surface area contributed by atoms with E-state index in [9.17, 15) is 9.59 Å². The van der Waals surface area contributed by atoms with Crippen molar-refractivity contribution in [3.8, 4) is 5.75 Å². The third-order valence-corrected chi connectivity index (χ3v) is 6.56. The van der Waals surface area contributed by atoms with E-state index in [0.29, 0.717) is 35.0 Å². The predicted octanol–water partition coefficient (Wildman–Crippen LogP) is 5.27. The Morgan fingerprint density at radius 2 is 1.97 bits per heavy atom. The zero-order valence-electron chi connectivity index (χ0n) is 16.7. The molecule has 0 saturated heterocycles. The minimum atomic E-state index is -0.458. The quantitative estimate of drug-likeness (QED) is 0.582. The van der Waals surface area contributed by atoms with Crippen molar-refractivity contribution in [1.82, 2.24) is 0 Å². The Hall–Kier alpha value is -2.05. The van der Waals surface area contributed by atoms with Gasteiger partial charge in [-0.1, -0.05) is 24.4 Å². The molecule has 1 heterocycles. The van der Waals surface area contributed by atoms with Crippen molar-refractivity contribution in [3.05, 3.63) is 44.8 Å². The number of thiophene rings is 1. The van der Waals surface area contributed by atoms with Gasteiger partial charge in [-0.3, -0.25) is 9.59 Å². The van der Waals surface area contributed by atoms with Gasteiger partial charge in [-0.2, -0.15) is 0 Å². The van der Waals surface area contributed by atoms with Gasteiger partial charge in [0.2, 0.25) is 5.91 Å². The molecule has 29 heavy (non-hydrogen) atoms. The molecule has 0 unspecified atom stereocenters. The molecule has 2 amide bonds. The number of primary amides is 1. The van der Waals surface area contributed by atoms with Crippen LogP contribution in [0.25, 0.3) is 0 Å². The van der Waals surface area contributed by atoms with Crippen molar-refractivity contribution >= 4 is 39.8 Å². The highest BCUT2D eigenvalue weighted by Gasteiger charge is 2.23. The number of nitrogens with two attached hydrogens (primary N) is 1. The van der Waals surface area contributed by atoms with E-state index in [0.717, 1.165) is 42.6 Å². The molecule has 0 spiro atoms. The maximum absolute atomic E-state index is 12.4. The SMILES string of the molecule is Cc1cc(Cl)ccc1OCCCC(=O)Nc1sc2c(c1C(N)=O)CCCCCC2. The van der Waals surface area contributed by atoms with Crippen molar-refractivity contribution in [2.24, 2.45) is 5.73 Å². The van der Waals surface area contributed by atoms with Crippen LogP contribution in [0.15, 0.2) is 18.2 Å². The maximum Gasteiger partial charge on any atom is 0.251 e. The first-order valence-electron chi connectivity index (χ1n) is 10.1. The monoisotopic (exact) mass is 434 g/mol. The topological polar surface area (TPSA) is 81.4 Å². The number of anilines is 1. The molecule has 0 bridgehead atoms. The van der Waals surface area contributed by atoms with E-state index in [4.69, 9.17) is 22.1 Å². The van der Waals surface area contributed by atoms with Crippen LogP contribution < -0.4 is 15.8 Å². The van der Waals surface area contributed by atoms with Crippen LogP contribution in [-0.2, 0) is 17.6 Å². The van der Waals surface area contributed by atoms with Gasteiger partial charge >= 0.3 is 0 Å². The van der Waals surface area contributed by atoms with Crippen LogP contribution in [-0.4, -0.2) is 18.4 Å². The van der Waals surface area contributed by atoms with Crippen molar-refractivity contribution in [3.63, 3.8) is 0 Å². The van der Waals surface area contributed by atoms with E-state index in [1.807, 2.05) is 19.1 Å². The van der Waals surface area contributed by atoms with Gasteiger partial charge in [-0.15, -0.1) is 11.3 Å². The molecule has 2 aromatic rings. The molecule has 3 rings (SSSR count). The Morgan fingerprint density at radius 1 is 1.21 bits per heavy atom. The molecule has 3 N–H and O–H groups in total. The Morgan fingerprint density at radius 3 is 2.69 bits per heavy atom. The summed E-state index contributed by atoms with van der Waals surface area (Å²) >= 11 is 7.45. The van der Waals surface area contributed by atoms with Crippen LogP contribution in [0.3, 0.4) is 0 Å². The van der Waals surface area contributed by atoms with E-state index in [2.05, 4.69) is 5.32 Å². The second-order valence-corrected chi connectivity index (χ2v) is 8.94. The molecular weight excluding hydrogens is 408 g/mol. The zero-order chi connectivity index (χ0) is 20.8. The minimum Gasteiger partial charge on any atom is -0.493 e. The van der Waals surface area contributed by atoms with Crippen LogP contribution in [0.4, 0.5) is 5.00 Å². The molecule has 1 aliphatic rings. The third-order valence-electron chi connectivity index (χ3n) is 5.11. The lowest BCUT2D eigenvalue weighted by Gasteiger charge is -2.10. The summed E-state index contributed by atoms with van der Waals surface area (Å²) in [6, 6.07) is 5.46. The maximum atomic E-state index is 12.4.